The van der Waals surface area contributed by atoms with Crippen molar-refractivity contribution in [1.29, 1.82) is 0 Å². The average Bonchev–Trinajstić information content (AvgIpc) is 2.75. The zero-order valence-corrected chi connectivity index (χ0v) is 11.8. The van der Waals surface area contributed by atoms with Crippen LogP contribution >= 0.6 is 0 Å². The number of para-hydroxylation sites is 1. The van der Waals surface area contributed by atoms with Crippen LogP contribution in [0.5, 0.6) is 0 Å². The van der Waals surface area contributed by atoms with Crippen LogP contribution in [-0.2, 0) is 13.0 Å². The molecule has 1 aromatic heterocycles. The molecule has 0 aliphatic heterocycles. The van der Waals surface area contributed by atoms with Crippen molar-refractivity contribution in [2.75, 3.05) is 7.05 Å². The van der Waals surface area contributed by atoms with E-state index in [2.05, 4.69) is 44.3 Å². The molecule has 0 saturated heterocycles. The maximum Gasteiger partial charge on any atom is 0.138 e. The first kappa shape index (κ1) is 13.2. The summed E-state index contributed by atoms with van der Waals surface area (Å²) in [6.45, 7) is 7.49. The van der Waals surface area contributed by atoms with Crippen molar-refractivity contribution in [2.24, 2.45) is 0 Å². The van der Waals surface area contributed by atoms with Gasteiger partial charge in [-0.25, -0.2) is 0 Å². The first-order valence-electron chi connectivity index (χ1n) is 6.90. The largest absolute Gasteiger partial charge is 0.459 e. The number of benzene rings is 1. The van der Waals surface area contributed by atoms with E-state index < -0.39 is 0 Å². The number of fused-ring (bicyclic) bond motifs is 1. The molecule has 0 aliphatic carbocycles. The highest BCUT2D eigenvalue weighted by atomic mass is 16.3. The smallest absolute Gasteiger partial charge is 0.138 e. The highest BCUT2D eigenvalue weighted by Gasteiger charge is 2.16. The molecule has 2 heteroatoms. The van der Waals surface area contributed by atoms with Crippen LogP contribution in [0.2, 0.25) is 0 Å². The van der Waals surface area contributed by atoms with Crippen molar-refractivity contribution in [3.8, 4) is 0 Å². The quantitative estimate of drug-likeness (QED) is 0.852. The number of furan rings is 1. The van der Waals surface area contributed by atoms with Crippen molar-refractivity contribution >= 4 is 11.0 Å². The lowest BCUT2D eigenvalue weighted by atomic mass is 9.96. The fourth-order valence-electron chi connectivity index (χ4n) is 2.54. The zero-order valence-electron chi connectivity index (χ0n) is 11.8. The number of nitrogens with one attached hydrogen (secondary N) is 1. The molecule has 1 heterocycles. The summed E-state index contributed by atoms with van der Waals surface area (Å²) < 4.78 is 6.12. The lowest BCUT2D eigenvalue weighted by Crippen LogP contribution is -2.05. The van der Waals surface area contributed by atoms with Gasteiger partial charge in [0.1, 0.15) is 11.3 Å². The van der Waals surface area contributed by atoms with Crippen LogP contribution < -0.4 is 5.32 Å². The van der Waals surface area contributed by atoms with Gasteiger partial charge >= 0.3 is 0 Å². The summed E-state index contributed by atoms with van der Waals surface area (Å²) in [6, 6.07) is 6.53. The molecule has 2 nitrogen and oxygen atoms in total. The van der Waals surface area contributed by atoms with E-state index in [0.717, 1.165) is 30.7 Å². The van der Waals surface area contributed by atoms with E-state index in [-0.39, 0.29) is 0 Å². The standard InChI is InChI=1S/C16H23NO/c1-5-11(3)13-8-7-9-14-12(6-2)15(10-17-4)18-16(13)14/h7-9,11,17H,5-6,10H2,1-4H3. The Morgan fingerprint density at radius 3 is 2.67 bits per heavy atom. The second kappa shape index (κ2) is 5.57. The van der Waals surface area contributed by atoms with Gasteiger partial charge in [0.2, 0.25) is 0 Å². The number of hydrogen-bond donors (Lipinski definition) is 1. The Labute approximate surface area is 109 Å². The summed E-state index contributed by atoms with van der Waals surface area (Å²) in [5.74, 6) is 1.64. The first-order valence-corrected chi connectivity index (χ1v) is 6.90. The summed E-state index contributed by atoms with van der Waals surface area (Å²) in [7, 11) is 1.96. The van der Waals surface area contributed by atoms with E-state index in [1.807, 2.05) is 7.05 Å². The predicted octanol–water partition coefficient (Wildman–Crippen LogP) is 4.23. The third-order valence-electron chi connectivity index (χ3n) is 3.77. The molecule has 18 heavy (non-hydrogen) atoms. The van der Waals surface area contributed by atoms with Crippen LogP contribution in [0, 0.1) is 0 Å². The molecule has 1 atom stereocenters. The molecule has 0 amide bonds. The van der Waals surface area contributed by atoms with Crippen LogP contribution in [0.25, 0.3) is 11.0 Å². The Morgan fingerprint density at radius 1 is 1.28 bits per heavy atom. The lowest BCUT2D eigenvalue weighted by molar-refractivity contribution is 0.519. The normalized spacial score (nSPS) is 13.1. The molecule has 1 aromatic carbocycles. The summed E-state index contributed by atoms with van der Waals surface area (Å²) in [6.07, 6.45) is 2.16. The molecule has 0 spiro atoms. The maximum absolute atomic E-state index is 6.12. The molecule has 0 fully saturated rings. The Morgan fingerprint density at radius 2 is 2.06 bits per heavy atom. The van der Waals surface area contributed by atoms with Crippen molar-refractivity contribution in [3.05, 3.63) is 35.1 Å². The highest BCUT2D eigenvalue weighted by Crippen LogP contribution is 2.33. The van der Waals surface area contributed by atoms with Gasteiger partial charge in [0, 0.05) is 10.9 Å². The van der Waals surface area contributed by atoms with Gasteiger partial charge in [-0.1, -0.05) is 39.0 Å². The summed E-state index contributed by atoms with van der Waals surface area (Å²) in [5.41, 5.74) is 3.78. The van der Waals surface area contributed by atoms with E-state index in [0.29, 0.717) is 5.92 Å². The molecule has 2 aromatic rings. The Kier molecular flexibility index (Phi) is 4.07. The second-order valence-corrected chi connectivity index (χ2v) is 4.92. The number of rotatable bonds is 5. The molecular weight excluding hydrogens is 222 g/mol. The van der Waals surface area contributed by atoms with Gasteiger partial charge in [0.25, 0.3) is 0 Å². The van der Waals surface area contributed by atoms with Gasteiger partial charge in [0.05, 0.1) is 6.54 Å². The summed E-state index contributed by atoms with van der Waals surface area (Å²) >= 11 is 0. The maximum atomic E-state index is 6.12. The molecule has 1 unspecified atom stereocenters. The number of aryl methyl sites for hydroxylation is 1. The SMILES string of the molecule is CCc1c(CNC)oc2c(C(C)CC)cccc12. The fourth-order valence-corrected chi connectivity index (χ4v) is 2.54. The van der Waals surface area contributed by atoms with Crippen molar-refractivity contribution in [2.45, 2.75) is 46.1 Å². The van der Waals surface area contributed by atoms with Crippen LogP contribution in [-0.4, -0.2) is 7.05 Å². The van der Waals surface area contributed by atoms with E-state index in [1.165, 1.54) is 16.5 Å². The Bertz CT molecular complexity index is 527. The van der Waals surface area contributed by atoms with Crippen LogP contribution in [0.15, 0.2) is 22.6 Å². The van der Waals surface area contributed by atoms with Gasteiger partial charge in [0.15, 0.2) is 0 Å². The van der Waals surface area contributed by atoms with E-state index >= 15 is 0 Å². The monoisotopic (exact) mass is 245 g/mol. The molecule has 1 N–H and O–H groups in total. The van der Waals surface area contributed by atoms with Gasteiger partial charge in [-0.3, -0.25) is 0 Å². The molecule has 98 valence electrons. The molecule has 0 bridgehead atoms. The van der Waals surface area contributed by atoms with Gasteiger partial charge in [-0.15, -0.1) is 0 Å². The highest BCUT2D eigenvalue weighted by molar-refractivity contribution is 5.85. The summed E-state index contributed by atoms with van der Waals surface area (Å²) in [5, 5.41) is 4.48. The molecule has 2 rings (SSSR count). The van der Waals surface area contributed by atoms with E-state index in [1.54, 1.807) is 0 Å². The summed E-state index contributed by atoms with van der Waals surface area (Å²) in [4.78, 5) is 0. The molecule has 0 radical (unpaired) electrons. The van der Waals surface area contributed by atoms with Crippen molar-refractivity contribution < 1.29 is 4.42 Å². The predicted molar refractivity (Wildman–Crippen MR) is 77.1 cm³/mol. The third-order valence-corrected chi connectivity index (χ3v) is 3.77. The van der Waals surface area contributed by atoms with Gasteiger partial charge in [-0.2, -0.15) is 0 Å². The minimum Gasteiger partial charge on any atom is -0.459 e. The molecule has 0 saturated carbocycles. The lowest BCUT2D eigenvalue weighted by Gasteiger charge is -2.08. The van der Waals surface area contributed by atoms with Crippen LogP contribution in [0.3, 0.4) is 0 Å². The van der Waals surface area contributed by atoms with E-state index in [9.17, 15) is 0 Å². The third kappa shape index (κ3) is 2.17. The molecule has 0 aliphatic rings. The Balaban J connectivity index is 2.63. The van der Waals surface area contributed by atoms with Crippen LogP contribution in [0.4, 0.5) is 0 Å². The zero-order chi connectivity index (χ0) is 13.1. The van der Waals surface area contributed by atoms with Crippen LogP contribution in [0.1, 0.15) is 50.0 Å². The first-order chi connectivity index (χ1) is 8.72. The van der Waals surface area contributed by atoms with E-state index in [4.69, 9.17) is 4.42 Å². The molecular formula is C16H23NO. The minimum atomic E-state index is 0.548. The Hall–Kier alpha value is -1.28. The topological polar surface area (TPSA) is 25.2 Å². The number of hydrogen-bond acceptors (Lipinski definition) is 2. The van der Waals surface area contributed by atoms with Gasteiger partial charge < -0.3 is 9.73 Å². The average molecular weight is 245 g/mol. The van der Waals surface area contributed by atoms with Gasteiger partial charge in [-0.05, 0) is 31.4 Å². The van der Waals surface area contributed by atoms with Crippen molar-refractivity contribution in [3.63, 3.8) is 0 Å². The van der Waals surface area contributed by atoms with Crippen molar-refractivity contribution in [1.82, 2.24) is 5.32 Å². The fraction of sp³-hybridized carbons (Fsp3) is 0.500. The minimum absolute atomic E-state index is 0.548. The second-order valence-electron chi connectivity index (χ2n) is 4.92.